The fourth-order valence-electron chi connectivity index (χ4n) is 1.14. The predicted molar refractivity (Wildman–Crippen MR) is 50.0 cm³/mol. The molecule has 0 N–H and O–H groups in total. The Hall–Kier alpha value is -1.52. The van der Waals surface area contributed by atoms with Crippen molar-refractivity contribution < 1.29 is 18.0 Å². The van der Waals surface area contributed by atoms with E-state index in [0.717, 1.165) is 4.90 Å². The maximum absolute atomic E-state index is 13.2. The maximum Gasteiger partial charge on any atom is 0.226 e. The molecule has 0 unspecified atom stereocenters. The summed E-state index contributed by atoms with van der Waals surface area (Å²) in [6.45, 7) is 1.59. The minimum atomic E-state index is -1.27. The fraction of sp³-hybridized carbons (Fsp3) is 0.300. The summed E-state index contributed by atoms with van der Waals surface area (Å²) in [5.74, 6) is -3.78. The first kappa shape index (κ1) is 11.6. The van der Waals surface area contributed by atoms with Crippen LogP contribution in [0.25, 0.3) is 0 Å². The minimum Gasteiger partial charge on any atom is -0.313 e. The van der Waals surface area contributed by atoms with Crippen molar-refractivity contribution in [1.82, 2.24) is 0 Å². The van der Waals surface area contributed by atoms with E-state index in [0.29, 0.717) is 12.1 Å². The number of benzene rings is 1. The zero-order valence-corrected chi connectivity index (χ0v) is 8.35. The van der Waals surface area contributed by atoms with Crippen LogP contribution in [0, 0.1) is 17.5 Å². The van der Waals surface area contributed by atoms with Crippen molar-refractivity contribution in [3.05, 3.63) is 29.6 Å². The Bertz CT molecular complexity index is 392. The van der Waals surface area contributed by atoms with Gasteiger partial charge in [-0.05, 0) is 0 Å². The average molecular weight is 217 g/mol. The van der Waals surface area contributed by atoms with Crippen LogP contribution in [0.15, 0.2) is 12.1 Å². The molecule has 0 spiro atoms. The Morgan fingerprint density at radius 3 is 2.27 bits per heavy atom. The van der Waals surface area contributed by atoms with E-state index >= 15 is 0 Å². The number of carbonyl (C=O) groups excluding carboxylic acids is 1. The summed E-state index contributed by atoms with van der Waals surface area (Å²) in [6, 6.07) is 1.09. The number of hydrogen-bond acceptors (Lipinski definition) is 1. The van der Waals surface area contributed by atoms with Crippen LogP contribution < -0.4 is 4.90 Å². The molecule has 1 rings (SSSR count). The number of carbonyl (C=O) groups is 1. The molecule has 0 heterocycles. The Morgan fingerprint density at radius 1 is 1.20 bits per heavy atom. The molecular weight excluding hydrogens is 207 g/mol. The third kappa shape index (κ3) is 2.29. The smallest absolute Gasteiger partial charge is 0.226 e. The van der Waals surface area contributed by atoms with Gasteiger partial charge in [0.2, 0.25) is 5.91 Å². The molecule has 2 nitrogen and oxygen atoms in total. The summed E-state index contributed by atoms with van der Waals surface area (Å²) < 4.78 is 38.6. The second kappa shape index (κ2) is 4.33. The minimum absolute atomic E-state index is 0.162. The molecule has 1 aromatic rings. The molecule has 82 valence electrons. The van der Waals surface area contributed by atoms with Gasteiger partial charge in [-0.25, -0.2) is 13.2 Å². The topological polar surface area (TPSA) is 20.3 Å². The van der Waals surface area contributed by atoms with Gasteiger partial charge in [-0.2, -0.15) is 0 Å². The molecule has 0 bridgehead atoms. The first-order valence-corrected chi connectivity index (χ1v) is 4.38. The molecule has 0 aliphatic rings. The molecule has 0 saturated carbocycles. The Labute approximate surface area is 85.3 Å². The monoisotopic (exact) mass is 217 g/mol. The zero-order valence-electron chi connectivity index (χ0n) is 8.35. The van der Waals surface area contributed by atoms with Crippen molar-refractivity contribution >= 4 is 11.6 Å². The average Bonchev–Trinajstić information content (AvgIpc) is 2.21. The van der Waals surface area contributed by atoms with Crippen molar-refractivity contribution in [2.75, 3.05) is 11.9 Å². The van der Waals surface area contributed by atoms with E-state index in [1.807, 2.05) is 0 Å². The van der Waals surface area contributed by atoms with E-state index in [9.17, 15) is 18.0 Å². The van der Waals surface area contributed by atoms with Gasteiger partial charge in [0.05, 0.1) is 5.69 Å². The maximum atomic E-state index is 13.2. The van der Waals surface area contributed by atoms with E-state index in [1.165, 1.54) is 7.05 Å². The number of halogens is 3. The van der Waals surface area contributed by atoms with E-state index in [-0.39, 0.29) is 18.0 Å². The summed E-state index contributed by atoms with van der Waals surface area (Å²) >= 11 is 0. The van der Waals surface area contributed by atoms with Gasteiger partial charge in [0, 0.05) is 25.6 Å². The molecule has 0 aliphatic carbocycles. The van der Waals surface area contributed by atoms with Crippen LogP contribution in [-0.2, 0) is 4.79 Å². The van der Waals surface area contributed by atoms with Crippen LogP contribution in [0.4, 0.5) is 18.9 Å². The van der Waals surface area contributed by atoms with Crippen LogP contribution in [0.3, 0.4) is 0 Å². The second-order valence-electron chi connectivity index (χ2n) is 3.02. The normalized spacial score (nSPS) is 10.2. The molecule has 0 atom stereocenters. The highest BCUT2D eigenvalue weighted by atomic mass is 19.2. The van der Waals surface area contributed by atoms with Crippen molar-refractivity contribution in [1.29, 1.82) is 0 Å². The zero-order chi connectivity index (χ0) is 11.6. The molecule has 0 aromatic heterocycles. The second-order valence-corrected chi connectivity index (χ2v) is 3.02. The Kier molecular flexibility index (Phi) is 3.34. The molecular formula is C10H10F3NO. The number of anilines is 1. The Morgan fingerprint density at radius 2 is 1.73 bits per heavy atom. The molecule has 0 fully saturated rings. The fourth-order valence-corrected chi connectivity index (χ4v) is 1.14. The van der Waals surface area contributed by atoms with Crippen LogP contribution in [0.2, 0.25) is 0 Å². The number of hydrogen-bond donors (Lipinski definition) is 0. The molecule has 0 aliphatic heterocycles. The van der Waals surface area contributed by atoms with Gasteiger partial charge in [-0.15, -0.1) is 0 Å². The van der Waals surface area contributed by atoms with Gasteiger partial charge in [0.1, 0.15) is 5.82 Å². The highest BCUT2D eigenvalue weighted by Gasteiger charge is 2.16. The van der Waals surface area contributed by atoms with Gasteiger partial charge in [0.25, 0.3) is 0 Å². The quantitative estimate of drug-likeness (QED) is 0.697. The lowest BCUT2D eigenvalue weighted by atomic mass is 10.2. The van der Waals surface area contributed by atoms with Crippen LogP contribution >= 0.6 is 0 Å². The van der Waals surface area contributed by atoms with Gasteiger partial charge >= 0.3 is 0 Å². The van der Waals surface area contributed by atoms with Crippen molar-refractivity contribution in [3.8, 4) is 0 Å². The molecule has 1 aromatic carbocycles. The summed E-state index contributed by atoms with van der Waals surface area (Å²) in [6.07, 6.45) is 0.162. The summed E-state index contributed by atoms with van der Waals surface area (Å²) in [4.78, 5) is 12.2. The highest BCUT2D eigenvalue weighted by molar-refractivity contribution is 5.92. The van der Waals surface area contributed by atoms with Crippen molar-refractivity contribution in [2.24, 2.45) is 0 Å². The van der Waals surface area contributed by atoms with Crippen molar-refractivity contribution in [3.63, 3.8) is 0 Å². The predicted octanol–water partition coefficient (Wildman–Crippen LogP) is 2.48. The lowest BCUT2D eigenvalue weighted by molar-refractivity contribution is -0.118. The lowest BCUT2D eigenvalue weighted by Crippen LogP contribution is -2.26. The van der Waals surface area contributed by atoms with Crippen LogP contribution in [0.1, 0.15) is 13.3 Å². The van der Waals surface area contributed by atoms with Gasteiger partial charge in [-0.1, -0.05) is 6.92 Å². The van der Waals surface area contributed by atoms with E-state index in [4.69, 9.17) is 0 Å². The Balaban J connectivity index is 3.14. The largest absolute Gasteiger partial charge is 0.313 e. The van der Waals surface area contributed by atoms with E-state index in [2.05, 4.69) is 0 Å². The number of nitrogens with zero attached hydrogens (tertiary/aromatic N) is 1. The molecule has 0 saturated heterocycles. The SMILES string of the molecule is CCC(=O)N(C)c1cc(F)c(F)cc1F. The summed E-state index contributed by atoms with van der Waals surface area (Å²) in [5.41, 5.74) is -0.263. The third-order valence-corrected chi connectivity index (χ3v) is 2.03. The van der Waals surface area contributed by atoms with Crippen LogP contribution in [0.5, 0.6) is 0 Å². The molecule has 15 heavy (non-hydrogen) atoms. The van der Waals surface area contributed by atoms with E-state index < -0.39 is 17.5 Å². The van der Waals surface area contributed by atoms with Crippen LogP contribution in [-0.4, -0.2) is 13.0 Å². The van der Waals surface area contributed by atoms with Gasteiger partial charge < -0.3 is 4.90 Å². The van der Waals surface area contributed by atoms with E-state index in [1.54, 1.807) is 6.92 Å². The van der Waals surface area contributed by atoms with Gasteiger partial charge in [0.15, 0.2) is 11.6 Å². The van der Waals surface area contributed by atoms with Crippen molar-refractivity contribution in [2.45, 2.75) is 13.3 Å². The molecule has 5 heteroatoms. The highest BCUT2D eigenvalue weighted by Crippen LogP contribution is 2.21. The lowest BCUT2D eigenvalue weighted by Gasteiger charge is -2.17. The summed E-state index contributed by atoms with van der Waals surface area (Å²) in [7, 11) is 1.31. The first-order chi connectivity index (χ1) is 6.97. The number of amides is 1. The third-order valence-electron chi connectivity index (χ3n) is 2.03. The number of rotatable bonds is 2. The standard InChI is InChI=1S/C10H10F3NO/c1-3-10(15)14(2)9-5-7(12)6(11)4-8(9)13/h4-5H,3H2,1-2H3. The van der Waals surface area contributed by atoms with Gasteiger partial charge in [-0.3, -0.25) is 4.79 Å². The molecule has 1 amide bonds. The summed E-state index contributed by atoms with van der Waals surface area (Å²) in [5, 5.41) is 0. The first-order valence-electron chi connectivity index (χ1n) is 4.38. The molecule has 0 radical (unpaired) electrons.